The Labute approximate surface area is 172 Å². The summed E-state index contributed by atoms with van der Waals surface area (Å²) in [5, 5.41) is 16.7. The minimum atomic E-state index is -0.178. The number of nitrogens with one attached hydrogen (secondary N) is 2. The first-order valence-electron chi connectivity index (χ1n) is 8.93. The van der Waals surface area contributed by atoms with Gasteiger partial charge in [-0.2, -0.15) is 10.4 Å². The monoisotopic (exact) mass is 410 g/mol. The fraction of sp³-hybridized carbons (Fsp3) is 0.250. The van der Waals surface area contributed by atoms with Gasteiger partial charge in [0.05, 0.1) is 29.2 Å². The molecule has 1 amide bonds. The third-order valence-corrected chi connectivity index (χ3v) is 4.52. The maximum absolute atomic E-state index is 12.2. The summed E-state index contributed by atoms with van der Waals surface area (Å²) in [6, 6.07) is 8.88. The highest BCUT2D eigenvalue weighted by molar-refractivity contribution is 6.32. The molecule has 0 fully saturated rings. The van der Waals surface area contributed by atoms with Crippen LogP contribution in [0.25, 0.3) is 11.3 Å². The number of rotatable bonds is 7. The molecule has 1 aromatic carbocycles. The molecule has 0 aliphatic heterocycles. The molecule has 2 heterocycles. The lowest BCUT2D eigenvalue weighted by molar-refractivity contribution is -0.121. The van der Waals surface area contributed by atoms with Gasteiger partial charge in [0.2, 0.25) is 5.91 Å². The second kappa shape index (κ2) is 8.71. The molecular formula is C20H19ClN6O2. The Morgan fingerprint density at radius 1 is 1.38 bits per heavy atom. The summed E-state index contributed by atoms with van der Waals surface area (Å²) >= 11 is 6.08. The minimum Gasteiger partial charge on any atom is -0.351 e. The van der Waals surface area contributed by atoms with Crippen LogP contribution in [0.1, 0.15) is 35.7 Å². The largest absolute Gasteiger partial charge is 0.351 e. The van der Waals surface area contributed by atoms with Crippen LogP contribution in [0.5, 0.6) is 0 Å². The molecule has 0 spiro atoms. The number of halogens is 1. The van der Waals surface area contributed by atoms with Gasteiger partial charge in [-0.3, -0.25) is 14.3 Å². The Bertz CT molecular complexity index is 1090. The maximum atomic E-state index is 12.2. The summed E-state index contributed by atoms with van der Waals surface area (Å²) in [7, 11) is 0. The molecule has 148 valence electrons. The number of carbonyl (C=O) groups excluding carboxylic acids is 2. The van der Waals surface area contributed by atoms with Crippen molar-refractivity contribution in [3.8, 4) is 17.3 Å². The van der Waals surface area contributed by atoms with Crippen molar-refractivity contribution in [2.45, 2.75) is 32.9 Å². The zero-order chi connectivity index (χ0) is 21.0. The quantitative estimate of drug-likeness (QED) is 0.581. The molecule has 2 aromatic heterocycles. The van der Waals surface area contributed by atoms with Gasteiger partial charge in [-0.25, -0.2) is 4.98 Å². The van der Waals surface area contributed by atoms with E-state index in [2.05, 4.69) is 20.4 Å². The molecule has 0 saturated carbocycles. The van der Waals surface area contributed by atoms with Crippen LogP contribution in [0.3, 0.4) is 0 Å². The first-order chi connectivity index (χ1) is 13.9. The number of imidazole rings is 1. The minimum absolute atomic E-state index is 0.110. The SMILES string of the molecule is CC(=O)c1ncc(CC(=O)N[C@@H](C)Cn2ccc(-c3ccc(C#N)c(Cl)c3)n2)[nH]1. The Morgan fingerprint density at radius 3 is 2.83 bits per heavy atom. The number of carbonyl (C=O) groups is 2. The molecule has 0 radical (unpaired) electrons. The van der Waals surface area contributed by atoms with Crippen molar-refractivity contribution in [2.24, 2.45) is 0 Å². The molecule has 8 nitrogen and oxygen atoms in total. The molecule has 2 N–H and O–H groups in total. The fourth-order valence-corrected chi connectivity index (χ4v) is 3.06. The van der Waals surface area contributed by atoms with E-state index in [1.54, 1.807) is 22.9 Å². The first-order valence-corrected chi connectivity index (χ1v) is 9.31. The highest BCUT2D eigenvalue weighted by Gasteiger charge is 2.13. The van der Waals surface area contributed by atoms with Gasteiger partial charge in [0.25, 0.3) is 0 Å². The smallest absolute Gasteiger partial charge is 0.226 e. The van der Waals surface area contributed by atoms with E-state index in [4.69, 9.17) is 16.9 Å². The van der Waals surface area contributed by atoms with Crippen molar-refractivity contribution < 1.29 is 9.59 Å². The van der Waals surface area contributed by atoms with Crippen LogP contribution in [0.2, 0.25) is 5.02 Å². The molecule has 1 atom stereocenters. The number of aromatic nitrogens is 4. The molecular weight excluding hydrogens is 392 g/mol. The van der Waals surface area contributed by atoms with Gasteiger partial charge in [-0.05, 0) is 25.1 Å². The zero-order valence-corrected chi connectivity index (χ0v) is 16.7. The Balaban J connectivity index is 1.57. The lowest BCUT2D eigenvalue weighted by atomic mass is 10.1. The lowest BCUT2D eigenvalue weighted by Crippen LogP contribution is -2.36. The number of H-pyrrole nitrogens is 1. The Kier molecular flexibility index (Phi) is 6.10. The van der Waals surface area contributed by atoms with Gasteiger partial charge in [-0.1, -0.05) is 17.7 Å². The topological polar surface area (TPSA) is 116 Å². The molecule has 3 rings (SSSR count). The zero-order valence-electron chi connectivity index (χ0n) is 15.9. The third kappa shape index (κ3) is 5.09. The van der Waals surface area contributed by atoms with Gasteiger partial charge in [0.15, 0.2) is 11.6 Å². The average Bonchev–Trinajstić information content (AvgIpc) is 3.31. The predicted octanol–water partition coefficient (Wildman–Crippen LogP) is 2.75. The van der Waals surface area contributed by atoms with Crippen molar-refractivity contribution in [1.29, 1.82) is 5.26 Å². The number of aromatic amines is 1. The molecule has 0 saturated heterocycles. The third-order valence-electron chi connectivity index (χ3n) is 4.21. The van der Waals surface area contributed by atoms with Gasteiger partial charge in [0, 0.05) is 36.6 Å². The first kappa shape index (κ1) is 20.3. The fourth-order valence-electron chi connectivity index (χ4n) is 2.84. The molecule has 29 heavy (non-hydrogen) atoms. The predicted molar refractivity (Wildman–Crippen MR) is 107 cm³/mol. The van der Waals surface area contributed by atoms with E-state index < -0.39 is 0 Å². The normalized spacial score (nSPS) is 11.7. The highest BCUT2D eigenvalue weighted by atomic mass is 35.5. The number of amides is 1. The summed E-state index contributed by atoms with van der Waals surface area (Å²) in [6.07, 6.45) is 3.42. The number of nitriles is 1. The van der Waals surface area contributed by atoms with E-state index in [-0.39, 0.29) is 30.0 Å². The van der Waals surface area contributed by atoms with Crippen molar-refractivity contribution in [3.05, 3.63) is 58.8 Å². The van der Waals surface area contributed by atoms with E-state index >= 15 is 0 Å². The van der Waals surface area contributed by atoms with E-state index in [0.29, 0.717) is 22.8 Å². The second-order valence-electron chi connectivity index (χ2n) is 6.69. The molecule has 0 unspecified atom stereocenters. The van der Waals surface area contributed by atoms with Gasteiger partial charge < -0.3 is 10.3 Å². The summed E-state index contributed by atoms with van der Waals surface area (Å²) in [6.45, 7) is 3.78. The van der Waals surface area contributed by atoms with Crippen LogP contribution in [0.4, 0.5) is 0 Å². The second-order valence-corrected chi connectivity index (χ2v) is 7.10. The standard InChI is InChI=1S/C20H19ClN6O2/c1-12(24-19(29)8-16-10-23-20(25-16)13(2)28)11-27-6-5-18(26-27)14-3-4-15(9-22)17(21)7-14/h3-7,10,12H,8,11H2,1-2H3,(H,23,25)(H,24,29)/t12-/m0/s1. The van der Waals surface area contributed by atoms with E-state index in [1.807, 2.05) is 25.3 Å². The van der Waals surface area contributed by atoms with E-state index in [0.717, 1.165) is 11.3 Å². The number of benzene rings is 1. The van der Waals surface area contributed by atoms with Gasteiger partial charge >= 0.3 is 0 Å². The van der Waals surface area contributed by atoms with Crippen molar-refractivity contribution in [2.75, 3.05) is 0 Å². The number of Topliss-reactive ketones (excluding diaryl/α,β-unsaturated/α-hetero) is 1. The Hall–Kier alpha value is -3.44. The van der Waals surface area contributed by atoms with Crippen LogP contribution < -0.4 is 5.32 Å². The van der Waals surface area contributed by atoms with Gasteiger partial charge in [-0.15, -0.1) is 0 Å². The summed E-state index contributed by atoms with van der Waals surface area (Å²) < 4.78 is 1.73. The van der Waals surface area contributed by atoms with Crippen LogP contribution >= 0.6 is 11.6 Å². The van der Waals surface area contributed by atoms with E-state index in [9.17, 15) is 9.59 Å². The number of ketones is 1. The highest BCUT2D eigenvalue weighted by Crippen LogP contribution is 2.24. The van der Waals surface area contributed by atoms with E-state index in [1.165, 1.54) is 13.1 Å². The van der Waals surface area contributed by atoms with Crippen molar-refractivity contribution in [1.82, 2.24) is 25.1 Å². The maximum Gasteiger partial charge on any atom is 0.226 e. The van der Waals surface area contributed by atoms with Crippen LogP contribution in [0.15, 0.2) is 36.7 Å². The summed E-state index contributed by atoms with van der Waals surface area (Å²) in [4.78, 5) is 30.2. The van der Waals surface area contributed by atoms with Crippen LogP contribution in [-0.2, 0) is 17.8 Å². The number of hydrogen-bond donors (Lipinski definition) is 2. The number of hydrogen-bond acceptors (Lipinski definition) is 5. The molecule has 0 bridgehead atoms. The summed E-state index contributed by atoms with van der Waals surface area (Å²) in [5.41, 5.74) is 2.53. The molecule has 9 heteroatoms. The summed E-state index contributed by atoms with van der Waals surface area (Å²) in [5.74, 6) is -0.113. The lowest BCUT2D eigenvalue weighted by Gasteiger charge is -2.13. The molecule has 3 aromatic rings. The van der Waals surface area contributed by atoms with Crippen molar-refractivity contribution >= 4 is 23.3 Å². The Morgan fingerprint density at radius 2 is 2.17 bits per heavy atom. The van der Waals surface area contributed by atoms with Crippen molar-refractivity contribution in [3.63, 3.8) is 0 Å². The number of nitrogens with zero attached hydrogens (tertiary/aromatic N) is 4. The van der Waals surface area contributed by atoms with Gasteiger partial charge in [0.1, 0.15) is 6.07 Å². The van der Waals surface area contributed by atoms with Crippen LogP contribution in [0, 0.1) is 11.3 Å². The molecule has 0 aliphatic carbocycles. The molecule has 0 aliphatic rings. The average molecular weight is 411 g/mol. The van der Waals surface area contributed by atoms with Crippen LogP contribution in [-0.4, -0.2) is 37.5 Å².